The Balaban J connectivity index is 2.29. The van der Waals surface area contributed by atoms with E-state index in [1.54, 1.807) is 32.4 Å². The molecule has 0 bridgehead atoms. The molecule has 1 aliphatic rings. The summed E-state index contributed by atoms with van der Waals surface area (Å²) in [6.45, 7) is 2.70. The number of rotatable bonds is 4. The fourth-order valence-corrected chi connectivity index (χ4v) is 2.70. The van der Waals surface area contributed by atoms with Gasteiger partial charge in [-0.1, -0.05) is 0 Å². The Labute approximate surface area is 126 Å². The average Bonchev–Trinajstić information content (AvgIpc) is 2.67. The molecule has 1 heterocycles. The Kier molecular flexibility index (Phi) is 5.20. The second-order valence-electron chi connectivity index (χ2n) is 5.58. The number of Topliss-reactive ketones (excluding diaryl/α,β-unsaturated/α-hetero) is 1. The van der Waals surface area contributed by atoms with E-state index in [4.69, 9.17) is 9.47 Å². The molecule has 0 spiro atoms. The van der Waals surface area contributed by atoms with Crippen molar-refractivity contribution in [2.45, 2.75) is 12.5 Å². The molecule has 0 radical (unpaired) electrons. The van der Waals surface area contributed by atoms with Crippen LogP contribution < -0.4 is 9.47 Å². The van der Waals surface area contributed by atoms with Crippen LogP contribution in [0.15, 0.2) is 18.2 Å². The third kappa shape index (κ3) is 3.74. The molecule has 5 heteroatoms. The number of hydrogen-bond acceptors (Lipinski definition) is 5. The van der Waals surface area contributed by atoms with Gasteiger partial charge in [0.15, 0.2) is 5.78 Å². The Bertz CT molecular complexity index is 482. The maximum atomic E-state index is 12.9. The summed E-state index contributed by atoms with van der Waals surface area (Å²) < 4.78 is 10.5. The second kappa shape index (κ2) is 6.91. The molecular formula is C16H24N2O3. The van der Waals surface area contributed by atoms with E-state index >= 15 is 0 Å². The summed E-state index contributed by atoms with van der Waals surface area (Å²) in [6.07, 6.45) is 1.08. The van der Waals surface area contributed by atoms with Crippen LogP contribution in [0.25, 0.3) is 0 Å². The summed E-state index contributed by atoms with van der Waals surface area (Å²) >= 11 is 0. The van der Waals surface area contributed by atoms with Gasteiger partial charge in [0.05, 0.1) is 20.3 Å². The van der Waals surface area contributed by atoms with E-state index in [1.165, 1.54) is 0 Å². The summed E-state index contributed by atoms with van der Waals surface area (Å²) in [5, 5.41) is 0. The highest BCUT2D eigenvalue weighted by atomic mass is 16.5. The molecule has 116 valence electrons. The molecule has 1 fully saturated rings. The molecule has 1 aliphatic heterocycles. The zero-order valence-corrected chi connectivity index (χ0v) is 13.3. The number of likely N-dealkylation sites (N-methyl/N-ethyl adjacent to an activating group) is 2. The van der Waals surface area contributed by atoms with Gasteiger partial charge in [0, 0.05) is 18.2 Å². The molecule has 2 rings (SSSR count). The lowest BCUT2D eigenvalue weighted by atomic mass is 10.0. The highest BCUT2D eigenvalue weighted by Gasteiger charge is 2.28. The van der Waals surface area contributed by atoms with Gasteiger partial charge in [0.25, 0.3) is 0 Å². The lowest BCUT2D eigenvalue weighted by Gasteiger charge is -2.26. The van der Waals surface area contributed by atoms with Crippen LogP contribution in [0.4, 0.5) is 0 Å². The topological polar surface area (TPSA) is 42.0 Å². The maximum absolute atomic E-state index is 12.9. The molecule has 0 aromatic heterocycles. The quantitative estimate of drug-likeness (QED) is 0.787. The summed E-state index contributed by atoms with van der Waals surface area (Å²) in [5.41, 5.74) is 0.637. The number of hydrogen-bond donors (Lipinski definition) is 0. The van der Waals surface area contributed by atoms with Crippen molar-refractivity contribution in [3.05, 3.63) is 23.8 Å². The van der Waals surface area contributed by atoms with Gasteiger partial charge in [-0.25, -0.2) is 0 Å². The molecule has 5 nitrogen and oxygen atoms in total. The number of carbonyl (C=O) groups is 1. The van der Waals surface area contributed by atoms with Crippen molar-refractivity contribution >= 4 is 5.78 Å². The first kappa shape index (κ1) is 15.8. The number of benzene rings is 1. The molecule has 1 saturated heterocycles. The minimum atomic E-state index is -0.130. The third-order valence-electron chi connectivity index (χ3n) is 4.01. The molecule has 0 saturated carbocycles. The van der Waals surface area contributed by atoms with Crippen molar-refractivity contribution in [1.29, 1.82) is 0 Å². The van der Waals surface area contributed by atoms with Gasteiger partial charge in [0.1, 0.15) is 11.5 Å². The van der Waals surface area contributed by atoms with E-state index in [0.717, 1.165) is 26.1 Å². The smallest absolute Gasteiger partial charge is 0.181 e. The van der Waals surface area contributed by atoms with Crippen molar-refractivity contribution in [3.63, 3.8) is 0 Å². The van der Waals surface area contributed by atoms with E-state index < -0.39 is 0 Å². The Morgan fingerprint density at radius 3 is 2.29 bits per heavy atom. The fourth-order valence-electron chi connectivity index (χ4n) is 2.70. The fraction of sp³-hybridized carbons (Fsp3) is 0.562. The monoisotopic (exact) mass is 292 g/mol. The molecule has 0 aliphatic carbocycles. The molecule has 21 heavy (non-hydrogen) atoms. The molecule has 1 atom stereocenters. The molecule has 1 aromatic rings. The number of ether oxygens (including phenoxy) is 2. The number of carbonyl (C=O) groups excluding carboxylic acids is 1. The van der Waals surface area contributed by atoms with E-state index in [-0.39, 0.29) is 11.8 Å². The van der Waals surface area contributed by atoms with Gasteiger partial charge < -0.3 is 14.4 Å². The lowest BCUT2D eigenvalue weighted by molar-refractivity contribution is 0.0838. The van der Waals surface area contributed by atoms with Crippen LogP contribution in [-0.4, -0.2) is 69.6 Å². The van der Waals surface area contributed by atoms with Crippen molar-refractivity contribution < 1.29 is 14.3 Å². The third-order valence-corrected chi connectivity index (χ3v) is 4.01. The molecule has 0 N–H and O–H groups in total. The second-order valence-corrected chi connectivity index (χ2v) is 5.58. The summed E-state index contributed by atoms with van der Waals surface area (Å²) in [7, 11) is 7.26. The van der Waals surface area contributed by atoms with Gasteiger partial charge in [-0.3, -0.25) is 9.69 Å². The number of nitrogens with zero attached hydrogens (tertiary/aromatic N) is 2. The minimum absolute atomic E-state index is 0.114. The predicted molar refractivity (Wildman–Crippen MR) is 82.4 cm³/mol. The van der Waals surface area contributed by atoms with E-state index in [9.17, 15) is 4.79 Å². The standard InChI is InChI=1S/C16H24N2O3/c1-17-6-5-7-18(2)15(11-17)16(19)12-8-13(20-3)10-14(9-12)21-4/h8-10,15H,5-7,11H2,1-4H3. The highest BCUT2D eigenvalue weighted by Crippen LogP contribution is 2.24. The zero-order valence-electron chi connectivity index (χ0n) is 13.3. The Hall–Kier alpha value is -1.59. The first-order valence-electron chi connectivity index (χ1n) is 7.21. The predicted octanol–water partition coefficient (Wildman–Crippen LogP) is 1.52. The van der Waals surface area contributed by atoms with Gasteiger partial charge in [0.2, 0.25) is 0 Å². The highest BCUT2D eigenvalue weighted by molar-refractivity contribution is 6.01. The molecule has 1 aromatic carbocycles. The SMILES string of the molecule is COc1cc(OC)cc(C(=O)C2CN(C)CCCN2C)c1. The molecular weight excluding hydrogens is 268 g/mol. The van der Waals surface area contributed by atoms with E-state index in [0.29, 0.717) is 17.1 Å². The van der Waals surface area contributed by atoms with Crippen molar-refractivity contribution in [2.75, 3.05) is 47.9 Å². The van der Waals surface area contributed by atoms with Gasteiger partial charge >= 0.3 is 0 Å². The van der Waals surface area contributed by atoms with Gasteiger partial charge in [-0.05, 0) is 45.7 Å². The number of methoxy groups -OCH3 is 2. The Morgan fingerprint density at radius 1 is 1.10 bits per heavy atom. The zero-order chi connectivity index (χ0) is 15.4. The van der Waals surface area contributed by atoms with Crippen LogP contribution in [0.1, 0.15) is 16.8 Å². The first-order chi connectivity index (χ1) is 10.0. The van der Waals surface area contributed by atoms with E-state index in [1.807, 2.05) is 7.05 Å². The largest absolute Gasteiger partial charge is 0.497 e. The normalized spacial score (nSPS) is 20.9. The Morgan fingerprint density at radius 2 is 1.71 bits per heavy atom. The maximum Gasteiger partial charge on any atom is 0.181 e. The van der Waals surface area contributed by atoms with Crippen LogP contribution in [0.3, 0.4) is 0 Å². The van der Waals surface area contributed by atoms with Crippen molar-refractivity contribution in [1.82, 2.24) is 9.80 Å². The molecule has 0 amide bonds. The van der Waals surface area contributed by atoms with Crippen LogP contribution in [0.5, 0.6) is 11.5 Å². The van der Waals surface area contributed by atoms with Crippen LogP contribution in [0, 0.1) is 0 Å². The summed E-state index contributed by atoms with van der Waals surface area (Å²) in [5.74, 6) is 1.40. The lowest BCUT2D eigenvalue weighted by Crippen LogP contribution is -2.43. The van der Waals surface area contributed by atoms with Crippen LogP contribution in [-0.2, 0) is 0 Å². The van der Waals surface area contributed by atoms with E-state index in [2.05, 4.69) is 16.8 Å². The first-order valence-corrected chi connectivity index (χ1v) is 7.21. The van der Waals surface area contributed by atoms with Crippen molar-refractivity contribution in [3.8, 4) is 11.5 Å². The molecule has 1 unspecified atom stereocenters. The average molecular weight is 292 g/mol. The minimum Gasteiger partial charge on any atom is -0.497 e. The van der Waals surface area contributed by atoms with Crippen molar-refractivity contribution in [2.24, 2.45) is 0 Å². The van der Waals surface area contributed by atoms with Gasteiger partial charge in [-0.2, -0.15) is 0 Å². The van der Waals surface area contributed by atoms with Crippen LogP contribution in [0.2, 0.25) is 0 Å². The summed E-state index contributed by atoms with van der Waals surface area (Å²) in [6, 6.07) is 5.21. The summed E-state index contributed by atoms with van der Waals surface area (Å²) in [4.78, 5) is 17.2. The number of ketones is 1. The van der Waals surface area contributed by atoms with Gasteiger partial charge in [-0.15, -0.1) is 0 Å². The van der Waals surface area contributed by atoms with Crippen LogP contribution >= 0.6 is 0 Å².